The monoisotopic (exact) mass is 265 g/mol. The van der Waals surface area contributed by atoms with E-state index < -0.39 is 0 Å². The zero-order chi connectivity index (χ0) is 14.1. The van der Waals surface area contributed by atoms with Gasteiger partial charge in [-0.3, -0.25) is 5.41 Å². The third kappa shape index (κ3) is 2.12. The molecule has 0 bridgehead atoms. The zero-order valence-electron chi connectivity index (χ0n) is 11.1. The maximum atomic E-state index is 7.48. The van der Waals surface area contributed by atoms with Gasteiger partial charge in [0.2, 0.25) is 0 Å². The summed E-state index contributed by atoms with van der Waals surface area (Å²) in [6.07, 6.45) is 0. The van der Waals surface area contributed by atoms with E-state index in [1.807, 2.05) is 42.5 Å². The molecule has 0 radical (unpaired) electrons. The van der Waals surface area contributed by atoms with Crippen LogP contribution in [0, 0.1) is 5.41 Å². The van der Waals surface area contributed by atoms with Crippen molar-refractivity contribution >= 4 is 16.7 Å². The van der Waals surface area contributed by atoms with Gasteiger partial charge in [0.25, 0.3) is 0 Å². The van der Waals surface area contributed by atoms with Crippen LogP contribution in [0.4, 0.5) is 0 Å². The molecule has 1 aromatic heterocycles. The highest BCUT2D eigenvalue weighted by Gasteiger charge is 2.05. The van der Waals surface area contributed by atoms with Crippen LogP contribution >= 0.6 is 0 Å². The van der Waals surface area contributed by atoms with E-state index >= 15 is 0 Å². The van der Waals surface area contributed by atoms with E-state index in [4.69, 9.17) is 15.9 Å². The molecule has 4 nitrogen and oxygen atoms in total. The Morgan fingerprint density at radius 3 is 2.50 bits per heavy atom. The van der Waals surface area contributed by atoms with Crippen LogP contribution < -0.4 is 10.5 Å². The predicted molar refractivity (Wildman–Crippen MR) is 81.3 cm³/mol. The third-order valence-corrected chi connectivity index (χ3v) is 3.33. The summed E-state index contributed by atoms with van der Waals surface area (Å²) in [5.74, 6) is 0.913. The lowest BCUT2D eigenvalue weighted by atomic mass is 10.1. The second-order valence-electron chi connectivity index (χ2n) is 4.63. The summed E-state index contributed by atoms with van der Waals surface area (Å²) in [4.78, 5) is 3.35. The van der Waals surface area contributed by atoms with Gasteiger partial charge in [-0.05, 0) is 42.0 Å². The van der Waals surface area contributed by atoms with Gasteiger partial charge in [0, 0.05) is 22.2 Å². The number of nitrogen functional groups attached to an aromatic ring is 1. The number of aromatic amines is 1. The first-order valence-corrected chi connectivity index (χ1v) is 6.29. The molecule has 3 rings (SSSR count). The highest BCUT2D eigenvalue weighted by molar-refractivity contribution is 5.99. The summed E-state index contributed by atoms with van der Waals surface area (Å²) in [6.45, 7) is 0. The van der Waals surface area contributed by atoms with Crippen LogP contribution in [0.2, 0.25) is 0 Å². The van der Waals surface area contributed by atoms with Crippen LogP contribution in [0.25, 0.3) is 22.2 Å². The molecule has 3 aromatic rings. The fourth-order valence-electron chi connectivity index (χ4n) is 2.22. The van der Waals surface area contributed by atoms with E-state index in [2.05, 4.69) is 11.1 Å². The summed E-state index contributed by atoms with van der Waals surface area (Å²) in [5.41, 5.74) is 9.33. The van der Waals surface area contributed by atoms with Gasteiger partial charge in [-0.25, -0.2) is 0 Å². The van der Waals surface area contributed by atoms with Crippen LogP contribution in [-0.4, -0.2) is 17.9 Å². The molecule has 100 valence electrons. The molecule has 0 spiro atoms. The van der Waals surface area contributed by atoms with Crippen molar-refractivity contribution in [2.24, 2.45) is 5.73 Å². The first kappa shape index (κ1) is 12.3. The standard InChI is InChI=1S/C16H15N3O/c1-20-13-6-4-10(5-7-13)14-8-11-2-3-12(16(17)18)9-15(11)19-14/h2-9,19H,1H3,(H3,17,18). The molecule has 2 aromatic carbocycles. The quantitative estimate of drug-likeness (QED) is 0.502. The maximum absolute atomic E-state index is 7.48. The number of hydrogen-bond donors (Lipinski definition) is 3. The number of hydrogen-bond acceptors (Lipinski definition) is 2. The summed E-state index contributed by atoms with van der Waals surface area (Å²) in [5, 5.41) is 8.57. The van der Waals surface area contributed by atoms with Gasteiger partial charge in [-0.15, -0.1) is 0 Å². The van der Waals surface area contributed by atoms with Crippen molar-refractivity contribution in [3.63, 3.8) is 0 Å². The Morgan fingerprint density at radius 2 is 1.85 bits per heavy atom. The van der Waals surface area contributed by atoms with Gasteiger partial charge in [-0.2, -0.15) is 0 Å². The lowest BCUT2D eigenvalue weighted by molar-refractivity contribution is 0.415. The molecule has 0 amide bonds. The number of fused-ring (bicyclic) bond motifs is 1. The molecule has 0 saturated heterocycles. The van der Waals surface area contributed by atoms with Gasteiger partial charge in [-0.1, -0.05) is 12.1 Å². The van der Waals surface area contributed by atoms with Crippen LogP contribution in [0.1, 0.15) is 5.56 Å². The normalized spacial score (nSPS) is 10.7. The third-order valence-electron chi connectivity index (χ3n) is 3.33. The van der Waals surface area contributed by atoms with E-state index in [1.165, 1.54) is 0 Å². The number of nitrogens with two attached hydrogens (primary N) is 1. The molecule has 4 N–H and O–H groups in total. The molecule has 0 fully saturated rings. The van der Waals surface area contributed by atoms with Crippen molar-refractivity contribution in [2.75, 3.05) is 7.11 Å². The van der Waals surface area contributed by atoms with E-state index in [0.29, 0.717) is 0 Å². The summed E-state index contributed by atoms with van der Waals surface area (Å²) in [7, 11) is 1.65. The molecular formula is C16H15N3O. The van der Waals surface area contributed by atoms with E-state index in [1.54, 1.807) is 7.11 Å². The molecule has 0 atom stereocenters. The molecule has 0 aliphatic rings. The topological polar surface area (TPSA) is 74.9 Å². The number of amidine groups is 1. The SMILES string of the molecule is COc1ccc(-c2cc3ccc(C(=N)N)cc3[nH]2)cc1. The summed E-state index contributed by atoms with van der Waals surface area (Å²) < 4.78 is 5.16. The number of methoxy groups -OCH3 is 1. The van der Waals surface area contributed by atoms with Gasteiger partial charge in [0.1, 0.15) is 11.6 Å². The minimum absolute atomic E-state index is 0.0764. The molecule has 20 heavy (non-hydrogen) atoms. The Hall–Kier alpha value is -2.75. The van der Waals surface area contributed by atoms with Crippen molar-refractivity contribution in [3.05, 3.63) is 54.1 Å². The van der Waals surface area contributed by atoms with Gasteiger partial charge in [0.15, 0.2) is 0 Å². The van der Waals surface area contributed by atoms with Crippen LogP contribution in [0.5, 0.6) is 5.75 Å². The molecule has 1 heterocycles. The zero-order valence-corrected chi connectivity index (χ0v) is 11.1. The molecule has 0 aliphatic carbocycles. The van der Waals surface area contributed by atoms with Crippen molar-refractivity contribution < 1.29 is 4.74 Å². The van der Waals surface area contributed by atoms with Crippen molar-refractivity contribution in [2.45, 2.75) is 0 Å². The summed E-state index contributed by atoms with van der Waals surface area (Å²) in [6, 6.07) is 15.7. The lowest BCUT2D eigenvalue weighted by Crippen LogP contribution is -2.10. The Labute approximate surface area is 116 Å². The smallest absolute Gasteiger partial charge is 0.122 e. The molecule has 0 saturated carbocycles. The Kier molecular flexibility index (Phi) is 2.91. The van der Waals surface area contributed by atoms with Crippen LogP contribution in [0.3, 0.4) is 0 Å². The minimum Gasteiger partial charge on any atom is -0.497 e. The average molecular weight is 265 g/mol. The van der Waals surface area contributed by atoms with Gasteiger partial charge in [0.05, 0.1) is 7.11 Å². The second-order valence-corrected chi connectivity index (χ2v) is 4.63. The van der Waals surface area contributed by atoms with Crippen LogP contribution in [-0.2, 0) is 0 Å². The first-order chi connectivity index (χ1) is 9.67. The van der Waals surface area contributed by atoms with Crippen LogP contribution in [0.15, 0.2) is 48.5 Å². The Morgan fingerprint density at radius 1 is 1.10 bits per heavy atom. The fourth-order valence-corrected chi connectivity index (χ4v) is 2.22. The van der Waals surface area contributed by atoms with Crippen molar-refractivity contribution in [1.82, 2.24) is 4.98 Å². The number of aromatic nitrogens is 1. The lowest BCUT2D eigenvalue weighted by Gasteiger charge is -2.01. The van der Waals surface area contributed by atoms with E-state index in [9.17, 15) is 0 Å². The Bertz CT molecular complexity index is 772. The highest BCUT2D eigenvalue weighted by Crippen LogP contribution is 2.26. The fraction of sp³-hybridized carbons (Fsp3) is 0.0625. The Balaban J connectivity index is 2.05. The number of benzene rings is 2. The number of nitrogens with one attached hydrogen (secondary N) is 2. The minimum atomic E-state index is 0.0764. The molecule has 0 aliphatic heterocycles. The van der Waals surface area contributed by atoms with Crippen molar-refractivity contribution in [1.29, 1.82) is 5.41 Å². The number of H-pyrrole nitrogens is 1. The largest absolute Gasteiger partial charge is 0.497 e. The first-order valence-electron chi connectivity index (χ1n) is 6.29. The van der Waals surface area contributed by atoms with Gasteiger partial charge >= 0.3 is 0 Å². The van der Waals surface area contributed by atoms with Crippen molar-refractivity contribution in [3.8, 4) is 17.0 Å². The maximum Gasteiger partial charge on any atom is 0.122 e. The summed E-state index contributed by atoms with van der Waals surface area (Å²) >= 11 is 0. The molecule has 0 unspecified atom stereocenters. The average Bonchev–Trinajstić information content (AvgIpc) is 2.90. The number of rotatable bonds is 3. The van der Waals surface area contributed by atoms with Gasteiger partial charge < -0.3 is 15.5 Å². The second kappa shape index (κ2) is 4.74. The molecular weight excluding hydrogens is 250 g/mol. The molecule has 4 heteroatoms. The van der Waals surface area contributed by atoms with E-state index in [0.717, 1.165) is 33.5 Å². The van der Waals surface area contributed by atoms with E-state index in [-0.39, 0.29) is 5.84 Å². The predicted octanol–water partition coefficient (Wildman–Crippen LogP) is 3.13. The highest BCUT2D eigenvalue weighted by atomic mass is 16.5. The number of ether oxygens (including phenoxy) is 1.